The first kappa shape index (κ1) is 21.8. The summed E-state index contributed by atoms with van der Waals surface area (Å²) < 4.78 is 5.49. The molecule has 0 bridgehead atoms. The summed E-state index contributed by atoms with van der Waals surface area (Å²) in [5.74, 6) is -1.59. The smallest absolute Gasteiger partial charge is 0.411 e. The Morgan fingerprint density at radius 1 is 0.970 bits per heavy atom. The second-order valence-corrected chi connectivity index (χ2v) is 7.33. The Morgan fingerprint density at radius 2 is 1.64 bits per heavy atom. The van der Waals surface area contributed by atoms with Crippen molar-refractivity contribution in [2.24, 2.45) is 0 Å². The van der Waals surface area contributed by atoms with Crippen molar-refractivity contribution in [2.75, 3.05) is 18.5 Å². The molecule has 3 N–H and O–H groups in total. The highest BCUT2D eigenvalue weighted by atomic mass is 16.5. The van der Waals surface area contributed by atoms with Gasteiger partial charge in [0.1, 0.15) is 12.3 Å². The van der Waals surface area contributed by atoms with Crippen LogP contribution in [0.2, 0.25) is 0 Å². The van der Waals surface area contributed by atoms with Gasteiger partial charge in [0, 0.05) is 18.5 Å². The third-order valence-corrected chi connectivity index (χ3v) is 5.23. The summed E-state index contributed by atoms with van der Waals surface area (Å²) >= 11 is 0. The summed E-state index contributed by atoms with van der Waals surface area (Å²) in [4.78, 5) is 38.8. The van der Waals surface area contributed by atoms with Crippen molar-refractivity contribution in [3.05, 3.63) is 95.8 Å². The quantitative estimate of drug-likeness (QED) is 0.478. The number of nitrogens with one attached hydrogen (secondary N) is 2. The molecule has 0 saturated carbocycles. The van der Waals surface area contributed by atoms with Gasteiger partial charge in [-0.15, -0.1) is 0 Å². The summed E-state index contributed by atoms with van der Waals surface area (Å²) in [6, 6.07) is 19.2. The van der Waals surface area contributed by atoms with Gasteiger partial charge >= 0.3 is 12.1 Å². The number of fused-ring (bicyclic) bond motifs is 3. The van der Waals surface area contributed by atoms with E-state index in [0.717, 1.165) is 28.3 Å². The van der Waals surface area contributed by atoms with E-state index in [9.17, 15) is 14.4 Å². The number of carbonyl (C=O) groups is 3. The molecule has 4 rings (SSSR count). The van der Waals surface area contributed by atoms with E-state index in [1.165, 1.54) is 24.4 Å². The van der Waals surface area contributed by atoms with Crippen LogP contribution >= 0.6 is 0 Å². The first-order chi connectivity index (χ1) is 16.0. The van der Waals surface area contributed by atoms with Crippen LogP contribution < -0.4 is 10.6 Å². The Bertz CT molecular complexity index is 1180. The molecule has 2 aromatic carbocycles. The number of benzene rings is 2. The van der Waals surface area contributed by atoms with Gasteiger partial charge < -0.3 is 15.2 Å². The molecule has 8 nitrogen and oxygen atoms in total. The lowest BCUT2D eigenvalue weighted by Gasteiger charge is -2.14. The van der Waals surface area contributed by atoms with E-state index in [1.54, 1.807) is 0 Å². The number of hydrogen-bond donors (Lipinski definition) is 3. The van der Waals surface area contributed by atoms with Gasteiger partial charge in [0.05, 0.1) is 11.9 Å². The molecule has 2 amide bonds. The van der Waals surface area contributed by atoms with E-state index >= 15 is 0 Å². The van der Waals surface area contributed by atoms with Crippen molar-refractivity contribution < 1.29 is 24.2 Å². The van der Waals surface area contributed by atoms with E-state index < -0.39 is 18.0 Å². The minimum atomic E-state index is -1.09. The Hall–Kier alpha value is -4.46. The van der Waals surface area contributed by atoms with Crippen LogP contribution in [0.1, 0.15) is 27.5 Å². The number of aliphatic carboxylic acids is 1. The predicted octanol–water partition coefficient (Wildman–Crippen LogP) is 3.81. The second kappa shape index (κ2) is 9.78. The van der Waals surface area contributed by atoms with Gasteiger partial charge in [-0.1, -0.05) is 54.6 Å². The largest absolute Gasteiger partial charge is 0.478 e. The molecular formula is C25H21N3O5. The van der Waals surface area contributed by atoms with Gasteiger partial charge in [-0.3, -0.25) is 10.1 Å². The van der Waals surface area contributed by atoms with Crippen molar-refractivity contribution in [1.82, 2.24) is 10.3 Å². The summed E-state index contributed by atoms with van der Waals surface area (Å²) in [7, 11) is 0. The van der Waals surface area contributed by atoms with E-state index in [0.29, 0.717) is 5.69 Å². The van der Waals surface area contributed by atoms with Crippen molar-refractivity contribution in [2.45, 2.75) is 5.92 Å². The number of anilines is 1. The molecule has 8 heteroatoms. The maximum Gasteiger partial charge on any atom is 0.411 e. The van der Waals surface area contributed by atoms with Gasteiger partial charge in [-0.25, -0.2) is 14.6 Å². The van der Waals surface area contributed by atoms with Crippen LogP contribution in [0.5, 0.6) is 0 Å². The van der Waals surface area contributed by atoms with Gasteiger partial charge in [-0.2, -0.15) is 0 Å². The van der Waals surface area contributed by atoms with E-state index in [2.05, 4.69) is 27.8 Å². The molecule has 0 fully saturated rings. The average molecular weight is 443 g/mol. The van der Waals surface area contributed by atoms with Crippen LogP contribution in [0.15, 0.2) is 79.0 Å². The van der Waals surface area contributed by atoms with E-state index in [4.69, 9.17) is 9.84 Å². The number of carboxylic acids is 1. The highest BCUT2D eigenvalue weighted by molar-refractivity contribution is 5.93. The molecule has 0 atom stereocenters. The zero-order valence-corrected chi connectivity index (χ0v) is 17.5. The molecule has 1 heterocycles. The summed E-state index contributed by atoms with van der Waals surface area (Å²) in [5.41, 5.74) is 5.08. The summed E-state index contributed by atoms with van der Waals surface area (Å²) in [6.45, 7) is 0.254. The number of aromatic nitrogens is 1. The fourth-order valence-electron chi connectivity index (χ4n) is 3.76. The van der Waals surface area contributed by atoms with Crippen molar-refractivity contribution in [3.63, 3.8) is 0 Å². The van der Waals surface area contributed by atoms with E-state index in [-0.39, 0.29) is 24.8 Å². The lowest BCUT2D eigenvalue weighted by Crippen LogP contribution is -2.24. The maximum atomic E-state index is 12.3. The number of rotatable bonds is 7. The van der Waals surface area contributed by atoms with Gasteiger partial charge in [-0.05, 0) is 34.4 Å². The first-order valence-corrected chi connectivity index (χ1v) is 10.3. The number of hydrogen-bond acceptors (Lipinski definition) is 5. The molecular weight excluding hydrogens is 422 g/mol. The van der Waals surface area contributed by atoms with E-state index in [1.807, 2.05) is 36.4 Å². The topological polar surface area (TPSA) is 118 Å². The van der Waals surface area contributed by atoms with Gasteiger partial charge in [0.2, 0.25) is 0 Å². The molecule has 0 aliphatic heterocycles. The lowest BCUT2D eigenvalue weighted by atomic mass is 9.98. The number of nitrogens with zero attached hydrogens (tertiary/aromatic N) is 1. The molecule has 0 spiro atoms. The van der Waals surface area contributed by atoms with Crippen LogP contribution in [0.25, 0.3) is 11.1 Å². The summed E-state index contributed by atoms with van der Waals surface area (Å²) in [6.07, 6.45) is 2.99. The highest BCUT2D eigenvalue weighted by Gasteiger charge is 2.29. The fourth-order valence-corrected chi connectivity index (χ4v) is 3.76. The summed E-state index contributed by atoms with van der Waals surface area (Å²) in [5, 5.41) is 13.7. The van der Waals surface area contributed by atoms with Crippen molar-refractivity contribution in [3.8, 4) is 11.1 Å². The predicted molar refractivity (Wildman–Crippen MR) is 122 cm³/mol. The monoisotopic (exact) mass is 443 g/mol. The molecule has 1 aliphatic carbocycles. The zero-order chi connectivity index (χ0) is 23.2. The Morgan fingerprint density at radius 3 is 2.24 bits per heavy atom. The third kappa shape index (κ3) is 5.07. The maximum absolute atomic E-state index is 12.3. The molecule has 0 saturated heterocycles. The lowest BCUT2D eigenvalue weighted by molar-refractivity contribution is -0.131. The molecule has 0 unspecified atom stereocenters. The van der Waals surface area contributed by atoms with Crippen LogP contribution in [0, 0.1) is 0 Å². The third-order valence-electron chi connectivity index (χ3n) is 5.23. The molecule has 1 aromatic heterocycles. The Balaban J connectivity index is 1.32. The number of pyridine rings is 1. The Labute approximate surface area is 189 Å². The minimum absolute atomic E-state index is 0.0393. The van der Waals surface area contributed by atoms with Crippen LogP contribution in [-0.2, 0) is 9.53 Å². The minimum Gasteiger partial charge on any atom is -0.478 e. The fraction of sp³-hybridized carbons (Fsp3) is 0.120. The molecule has 3 aromatic rings. The normalized spacial score (nSPS) is 12.1. The SMILES string of the molecule is O=C(O)/C=C/CNC(=O)c1ccc(NC(=O)OCC2c3ccccc3-c3ccccc32)cn1. The van der Waals surface area contributed by atoms with Gasteiger partial charge in [0.25, 0.3) is 5.91 Å². The average Bonchev–Trinajstić information content (AvgIpc) is 3.14. The van der Waals surface area contributed by atoms with Crippen LogP contribution in [0.4, 0.5) is 10.5 Å². The molecule has 33 heavy (non-hydrogen) atoms. The van der Waals surface area contributed by atoms with Crippen LogP contribution in [-0.4, -0.2) is 41.2 Å². The first-order valence-electron chi connectivity index (χ1n) is 10.3. The second-order valence-electron chi connectivity index (χ2n) is 7.33. The number of ether oxygens (including phenoxy) is 1. The molecule has 1 aliphatic rings. The van der Waals surface area contributed by atoms with Crippen molar-refractivity contribution in [1.29, 1.82) is 0 Å². The highest BCUT2D eigenvalue weighted by Crippen LogP contribution is 2.44. The van der Waals surface area contributed by atoms with Crippen LogP contribution in [0.3, 0.4) is 0 Å². The molecule has 166 valence electrons. The van der Waals surface area contributed by atoms with Gasteiger partial charge in [0.15, 0.2) is 0 Å². The molecule has 0 radical (unpaired) electrons. The van der Waals surface area contributed by atoms with Crippen molar-refractivity contribution >= 4 is 23.7 Å². The standard InChI is InChI=1S/C25H21N3O5/c29-23(30)10-5-13-26-24(31)22-12-11-16(14-27-22)28-25(32)33-15-21-19-8-3-1-6-17(19)18-7-2-4-9-20(18)21/h1-12,14,21H,13,15H2,(H,26,31)(H,28,32)(H,29,30)/b10-5+. The zero-order valence-electron chi connectivity index (χ0n) is 17.5. The number of carbonyl (C=O) groups excluding carboxylic acids is 2. The Kier molecular flexibility index (Phi) is 6.45. The number of amides is 2. The number of carboxylic acid groups (broad SMARTS) is 1.